The second-order valence-electron chi connectivity index (χ2n) is 3.28. The summed E-state index contributed by atoms with van der Waals surface area (Å²) in [5.41, 5.74) is -0.210. The fraction of sp³-hybridized carbons (Fsp3) is 0.455. The van der Waals surface area contributed by atoms with E-state index in [9.17, 15) is 13.2 Å². The summed E-state index contributed by atoms with van der Waals surface area (Å²) in [4.78, 5) is 0. The number of ether oxygens (including phenoxy) is 2. The van der Waals surface area contributed by atoms with Crippen molar-refractivity contribution in [1.82, 2.24) is 0 Å². The summed E-state index contributed by atoms with van der Waals surface area (Å²) < 4.78 is 48.6. The van der Waals surface area contributed by atoms with Gasteiger partial charge in [-0.1, -0.05) is 0 Å². The SMILES string of the molecule is COCCOCCNc1cc(F)cc(F)c1F. The molecule has 0 bridgehead atoms. The summed E-state index contributed by atoms with van der Waals surface area (Å²) in [5, 5.41) is 2.55. The third-order valence-electron chi connectivity index (χ3n) is 1.99. The molecule has 0 amide bonds. The smallest absolute Gasteiger partial charge is 0.182 e. The largest absolute Gasteiger partial charge is 0.382 e. The average Bonchev–Trinajstić information content (AvgIpc) is 2.29. The molecule has 0 atom stereocenters. The van der Waals surface area contributed by atoms with Crippen LogP contribution in [0.25, 0.3) is 0 Å². The van der Waals surface area contributed by atoms with Crippen molar-refractivity contribution in [2.24, 2.45) is 0 Å². The summed E-state index contributed by atoms with van der Waals surface area (Å²) >= 11 is 0. The molecule has 0 aliphatic rings. The van der Waals surface area contributed by atoms with Crippen LogP contribution in [0.1, 0.15) is 0 Å². The van der Waals surface area contributed by atoms with E-state index >= 15 is 0 Å². The third-order valence-corrected chi connectivity index (χ3v) is 1.99. The van der Waals surface area contributed by atoms with Gasteiger partial charge in [0.05, 0.1) is 25.5 Å². The molecule has 6 heteroatoms. The van der Waals surface area contributed by atoms with Gasteiger partial charge in [-0.05, 0) is 0 Å². The van der Waals surface area contributed by atoms with Crippen molar-refractivity contribution in [2.75, 3.05) is 38.8 Å². The Morgan fingerprint density at radius 1 is 1.12 bits per heavy atom. The molecule has 1 aromatic rings. The second-order valence-corrected chi connectivity index (χ2v) is 3.28. The minimum atomic E-state index is -1.21. The number of nitrogens with one attached hydrogen (secondary N) is 1. The first kappa shape index (κ1) is 13.8. The molecule has 96 valence electrons. The Morgan fingerprint density at radius 2 is 1.88 bits per heavy atom. The molecule has 0 heterocycles. The normalized spacial score (nSPS) is 10.6. The molecule has 0 fully saturated rings. The van der Waals surface area contributed by atoms with Crippen molar-refractivity contribution in [1.29, 1.82) is 0 Å². The van der Waals surface area contributed by atoms with Crippen molar-refractivity contribution in [2.45, 2.75) is 0 Å². The van der Waals surface area contributed by atoms with Crippen LogP contribution in [-0.2, 0) is 9.47 Å². The Bertz CT molecular complexity index is 361. The van der Waals surface area contributed by atoms with Gasteiger partial charge in [0.1, 0.15) is 5.82 Å². The number of hydrogen-bond donors (Lipinski definition) is 1. The van der Waals surface area contributed by atoms with E-state index < -0.39 is 17.5 Å². The molecule has 0 saturated heterocycles. The predicted molar refractivity (Wildman–Crippen MR) is 57.5 cm³/mol. The molecule has 0 unspecified atom stereocenters. The van der Waals surface area contributed by atoms with E-state index in [0.29, 0.717) is 25.9 Å². The van der Waals surface area contributed by atoms with Gasteiger partial charge in [0.25, 0.3) is 0 Å². The number of anilines is 1. The Hall–Kier alpha value is -1.27. The molecule has 1 aromatic carbocycles. The van der Waals surface area contributed by atoms with E-state index in [1.807, 2.05) is 0 Å². The maximum Gasteiger partial charge on any atom is 0.182 e. The Kier molecular flexibility index (Phi) is 5.79. The molecule has 0 aliphatic heterocycles. The quantitative estimate of drug-likeness (QED) is 0.593. The van der Waals surface area contributed by atoms with Gasteiger partial charge in [0.2, 0.25) is 0 Å². The van der Waals surface area contributed by atoms with E-state index in [1.165, 1.54) is 0 Å². The van der Waals surface area contributed by atoms with Crippen molar-refractivity contribution < 1.29 is 22.6 Å². The molecule has 0 aromatic heterocycles. The maximum atomic E-state index is 13.1. The number of hydrogen-bond acceptors (Lipinski definition) is 3. The van der Waals surface area contributed by atoms with Gasteiger partial charge < -0.3 is 14.8 Å². The van der Waals surface area contributed by atoms with Gasteiger partial charge >= 0.3 is 0 Å². The molecule has 1 N–H and O–H groups in total. The highest BCUT2D eigenvalue weighted by Gasteiger charge is 2.10. The zero-order valence-electron chi connectivity index (χ0n) is 9.43. The summed E-state index contributed by atoms with van der Waals surface area (Å²) in [6.07, 6.45) is 0. The Labute approximate surface area is 97.5 Å². The lowest BCUT2D eigenvalue weighted by Gasteiger charge is -2.08. The van der Waals surface area contributed by atoms with Crippen LogP contribution in [0.4, 0.5) is 18.9 Å². The van der Waals surface area contributed by atoms with Gasteiger partial charge in [-0.2, -0.15) is 0 Å². The molecule has 17 heavy (non-hydrogen) atoms. The zero-order valence-corrected chi connectivity index (χ0v) is 9.43. The van der Waals surface area contributed by atoms with Gasteiger partial charge in [-0.3, -0.25) is 0 Å². The summed E-state index contributed by atoms with van der Waals surface area (Å²) in [6, 6.07) is 1.39. The van der Waals surface area contributed by atoms with E-state index in [2.05, 4.69) is 5.32 Å². The van der Waals surface area contributed by atoms with Gasteiger partial charge in [-0.15, -0.1) is 0 Å². The topological polar surface area (TPSA) is 30.5 Å². The van der Waals surface area contributed by atoms with Crippen LogP contribution in [0, 0.1) is 17.5 Å². The monoisotopic (exact) mass is 249 g/mol. The standard InChI is InChI=1S/C11H14F3NO2/c1-16-4-5-17-3-2-15-10-7-8(12)6-9(13)11(10)14/h6-7,15H,2-5H2,1H3. The fourth-order valence-electron chi connectivity index (χ4n) is 1.19. The number of rotatable bonds is 7. The molecular weight excluding hydrogens is 235 g/mol. The highest BCUT2D eigenvalue weighted by molar-refractivity contribution is 5.45. The van der Waals surface area contributed by atoms with Crippen molar-refractivity contribution >= 4 is 5.69 Å². The number of benzene rings is 1. The highest BCUT2D eigenvalue weighted by Crippen LogP contribution is 2.18. The van der Waals surface area contributed by atoms with E-state index in [0.717, 1.165) is 6.07 Å². The summed E-state index contributed by atoms with van der Waals surface area (Å²) in [5.74, 6) is -3.14. The van der Waals surface area contributed by atoms with Crippen LogP contribution in [0.5, 0.6) is 0 Å². The first-order valence-electron chi connectivity index (χ1n) is 5.10. The van der Waals surface area contributed by atoms with Crippen LogP contribution >= 0.6 is 0 Å². The van der Waals surface area contributed by atoms with Gasteiger partial charge in [0.15, 0.2) is 11.6 Å². The lowest BCUT2D eigenvalue weighted by molar-refractivity contribution is 0.0759. The first-order valence-corrected chi connectivity index (χ1v) is 5.10. The highest BCUT2D eigenvalue weighted by atomic mass is 19.2. The van der Waals surface area contributed by atoms with Crippen LogP contribution in [-0.4, -0.2) is 33.5 Å². The molecule has 0 spiro atoms. The minimum absolute atomic E-state index is 0.210. The second kappa shape index (κ2) is 7.13. The lowest BCUT2D eigenvalue weighted by Crippen LogP contribution is -2.13. The third kappa shape index (κ3) is 4.62. The fourth-order valence-corrected chi connectivity index (χ4v) is 1.19. The first-order chi connectivity index (χ1) is 8.15. The molecule has 0 radical (unpaired) electrons. The van der Waals surface area contributed by atoms with Crippen LogP contribution in [0.15, 0.2) is 12.1 Å². The summed E-state index contributed by atoms with van der Waals surface area (Å²) in [7, 11) is 1.55. The lowest BCUT2D eigenvalue weighted by atomic mass is 10.3. The average molecular weight is 249 g/mol. The molecule has 3 nitrogen and oxygen atoms in total. The molecule has 0 saturated carbocycles. The zero-order chi connectivity index (χ0) is 12.7. The number of halogens is 3. The Balaban J connectivity index is 2.36. The van der Waals surface area contributed by atoms with Crippen LogP contribution < -0.4 is 5.32 Å². The van der Waals surface area contributed by atoms with E-state index in [-0.39, 0.29) is 12.2 Å². The minimum Gasteiger partial charge on any atom is -0.382 e. The van der Waals surface area contributed by atoms with Crippen molar-refractivity contribution in [3.8, 4) is 0 Å². The van der Waals surface area contributed by atoms with Crippen molar-refractivity contribution in [3.63, 3.8) is 0 Å². The van der Waals surface area contributed by atoms with Crippen LogP contribution in [0.3, 0.4) is 0 Å². The van der Waals surface area contributed by atoms with Crippen molar-refractivity contribution in [3.05, 3.63) is 29.6 Å². The van der Waals surface area contributed by atoms with Crippen LogP contribution in [0.2, 0.25) is 0 Å². The molecule has 1 rings (SSSR count). The van der Waals surface area contributed by atoms with Gasteiger partial charge in [-0.25, -0.2) is 13.2 Å². The molecular formula is C11H14F3NO2. The maximum absolute atomic E-state index is 13.1. The molecule has 0 aliphatic carbocycles. The number of methoxy groups -OCH3 is 1. The summed E-state index contributed by atoms with van der Waals surface area (Å²) in [6.45, 7) is 1.42. The van der Waals surface area contributed by atoms with E-state index in [4.69, 9.17) is 9.47 Å². The Morgan fingerprint density at radius 3 is 2.59 bits per heavy atom. The predicted octanol–water partition coefficient (Wildman–Crippen LogP) is 2.18. The van der Waals surface area contributed by atoms with Gasteiger partial charge in [0, 0.05) is 25.8 Å². The van der Waals surface area contributed by atoms with E-state index in [1.54, 1.807) is 7.11 Å².